The van der Waals surface area contributed by atoms with Gasteiger partial charge in [0.05, 0.1) is 30.5 Å². The van der Waals surface area contributed by atoms with E-state index in [1.807, 2.05) is 13.0 Å². The van der Waals surface area contributed by atoms with Crippen LogP contribution in [0.3, 0.4) is 0 Å². The number of aryl methyl sites for hydroxylation is 1. The van der Waals surface area contributed by atoms with Crippen molar-refractivity contribution < 1.29 is 19.0 Å². The van der Waals surface area contributed by atoms with Crippen LogP contribution in [-0.2, 0) is 11.3 Å². The van der Waals surface area contributed by atoms with Crippen molar-refractivity contribution in [3.8, 4) is 11.5 Å². The van der Waals surface area contributed by atoms with Crippen molar-refractivity contribution in [1.82, 2.24) is 9.38 Å². The van der Waals surface area contributed by atoms with E-state index in [0.717, 1.165) is 5.69 Å². The number of esters is 1. The van der Waals surface area contributed by atoms with Gasteiger partial charge in [-0.2, -0.15) is 0 Å². The van der Waals surface area contributed by atoms with Gasteiger partial charge in [-0.15, -0.1) is 0 Å². The monoisotopic (exact) mass is 388 g/mol. The second-order valence-electron chi connectivity index (χ2n) is 5.72. The minimum absolute atomic E-state index is 0.148. The molecule has 1 aromatic carbocycles. The average molecular weight is 389 g/mol. The van der Waals surface area contributed by atoms with E-state index in [4.69, 9.17) is 25.8 Å². The number of hydrogen-bond acceptors (Lipinski definition) is 6. The Bertz CT molecular complexity index is 1080. The van der Waals surface area contributed by atoms with Crippen LogP contribution in [0.5, 0.6) is 11.5 Å². The normalized spacial score (nSPS) is 10.7. The predicted molar refractivity (Wildman–Crippen MR) is 99.9 cm³/mol. The van der Waals surface area contributed by atoms with Gasteiger partial charge in [0.2, 0.25) is 0 Å². The maximum absolute atomic E-state index is 12.4. The Hall–Kier alpha value is -3.06. The molecular weight excluding hydrogens is 372 g/mol. The molecular formula is C19H17ClN2O5. The number of nitrogens with zero attached hydrogens (tertiary/aromatic N) is 2. The molecule has 0 aliphatic heterocycles. The molecule has 0 spiro atoms. The van der Waals surface area contributed by atoms with Crippen LogP contribution < -0.4 is 15.0 Å². The van der Waals surface area contributed by atoms with Crippen molar-refractivity contribution in [3.05, 3.63) is 68.7 Å². The summed E-state index contributed by atoms with van der Waals surface area (Å²) in [6, 6.07) is 9.58. The predicted octanol–water partition coefficient (Wildman–Crippen LogP) is 3.03. The lowest BCUT2D eigenvalue weighted by Crippen LogP contribution is -2.18. The molecule has 0 radical (unpaired) electrons. The fourth-order valence-electron chi connectivity index (χ4n) is 2.70. The van der Waals surface area contributed by atoms with E-state index < -0.39 is 5.97 Å². The van der Waals surface area contributed by atoms with Crippen LogP contribution in [0.25, 0.3) is 5.65 Å². The molecule has 2 heterocycles. The molecule has 7 nitrogen and oxygen atoms in total. The Kier molecular flexibility index (Phi) is 5.32. The molecule has 0 N–H and O–H groups in total. The number of fused-ring (bicyclic) bond motifs is 1. The van der Waals surface area contributed by atoms with Crippen LogP contribution in [0.1, 0.15) is 21.7 Å². The highest BCUT2D eigenvalue weighted by molar-refractivity contribution is 6.32. The third kappa shape index (κ3) is 3.73. The summed E-state index contributed by atoms with van der Waals surface area (Å²) in [4.78, 5) is 29.0. The average Bonchev–Trinajstić information content (AvgIpc) is 2.65. The third-order valence-electron chi connectivity index (χ3n) is 3.95. The van der Waals surface area contributed by atoms with Crippen molar-refractivity contribution in [2.75, 3.05) is 14.2 Å². The van der Waals surface area contributed by atoms with E-state index in [1.165, 1.54) is 36.8 Å². The first-order chi connectivity index (χ1) is 12.9. The number of hydrogen-bond donors (Lipinski definition) is 0. The van der Waals surface area contributed by atoms with Crippen molar-refractivity contribution in [2.45, 2.75) is 13.5 Å². The standard InChI is InChI=1S/C19H17ClN2O5/c1-11-5-4-6-16-21-13(9-17(23)22(11)16)10-27-19(24)12-7-14(20)18(26-3)15(8-12)25-2/h4-9H,10H2,1-3H3. The molecule has 140 valence electrons. The molecule has 8 heteroatoms. The summed E-state index contributed by atoms with van der Waals surface area (Å²) in [6.45, 7) is 1.67. The van der Waals surface area contributed by atoms with E-state index in [0.29, 0.717) is 22.8 Å². The Morgan fingerprint density at radius 1 is 1.19 bits per heavy atom. The lowest BCUT2D eigenvalue weighted by Gasteiger charge is -2.11. The number of carbonyl (C=O) groups is 1. The smallest absolute Gasteiger partial charge is 0.338 e. The minimum Gasteiger partial charge on any atom is -0.493 e. The second-order valence-corrected chi connectivity index (χ2v) is 6.12. The number of methoxy groups -OCH3 is 2. The van der Waals surface area contributed by atoms with Gasteiger partial charge < -0.3 is 14.2 Å². The number of benzene rings is 1. The SMILES string of the molecule is COc1cc(C(=O)OCc2cc(=O)n3c(C)cccc3n2)cc(Cl)c1OC. The van der Waals surface area contributed by atoms with Crippen LogP contribution >= 0.6 is 11.6 Å². The van der Waals surface area contributed by atoms with Gasteiger partial charge in [0, 0.05) is 11.8 Å². The first-order valence-electron chi connectivity index (χ1n) is 8.01. The van der Waals surface area contributed by atoms with Gasteiger partial charge in [0.25, 0.3) is 5.56 Å². The summed E-state index contributed by atoms with van der Waals surface area (Å²) in [5.41, 5.74) is 1.58. The molecule has 0 aliphatic rings. The zero-order valence-corrected chi connectivity index (χ0v) is 15.7. The first-order valence-corrected chi connectivity index (χ1v) is 8.39. The molecule has 0 fully saturated rings. The summed E-state index contributed by atoms with van der Waals surface area (Å²) in [7, 11) is 2.89. The summed E-state index contributed by atoms with van der Waals surface area (Å²) in [5.74, 6) is 0.0221. The second kappa shape index (κ2) is 7.67. The number of rotatable bonds is 5. The van der Waals surface area contributed by atoms with Crippen LogP contribution in [-0.4, -0.2) is 29.6 Å². The third-order valence-corrected chi connectivity index (χ3v) is 4.23. The number of halogens is 1. The van der Waals surface area contributed by atoms with Crippen LogP contribution in [0.4, 0.5) is 0 Å². The molecule has 0 unspecified atom stereocenters. The first kappa shape index (κ1) is 18.7. The van der Waals surface area contributed by atoms with Gasteiger partial charge in [-0.25, -0.2) is 9.78 Å². The molecule has 0 saturated heterocycles. The fourth-order valence-corrected chi connectivity index (χ4v) is 2.98. The number of carbonyl (C=O) groups excluding carboxylic acids is 1. The topological polar surface area (TPSA) is 79.1 Å². The summed E-state index contributed by atoms with van der Waals surface area (Å²) in [6.07, 6.45) is 0. The maximum Gasteiger partial charge on any atom is 0.338 e. The number of aromatic nitrogens is 2. The highest BCUT2D eigenvalue weighted by Crippen LogP contribution is 2.36. The summed E-state index contributed by atoms with van der Waals surface area (Å²) < 4.78 is 17.1. The fraction of sp³-hybridized carbons (Fsp3) is 0.211. The molecule has 0 amide bonds. The van der Waals surface area contributed by atoms with Crippen molar-refractivity contribution in [3.63, 3.8) is 0 Å². The zero-order valence-electron chi connectivity index (χ0n) is 15.0. The lowest BCUT2D eigenvalue weighted by molar-refractivity contribution is 0.0467. The molecule has 3 rings (SSSR count). The molecule has 0 bridgehead atoms. The summed E-state index contributed by atoms with van der Waals surface area (Å²) in [5, 5.41) is 0.223. The van der Waals surface area contributed by atoms with Crippen molar-refractivity contribution >= 4 is 23.2 Å². The maximum atomic E-state index is 12.4. The van der Waals surface area contributed by atoms with Crippen LogP contribution in [0, 0.1) is 6.92 Å². The van der Waals surface area contributed by atoms with Gasteiger partial charge in [-0.1, -0.05) is 17.7 Å². The largest absolute Gasteiger partial charge is 0.493 e. The number of ether oxygens (including phenoxy) is 3. The summed E-state index contributed by atoms with van der Waals surface area (Å²) >= 11 is 6.11. The molecule has 3 aromatic rings. The van der Waals surface area contributed by atoms with Gasteiger partial charge in [0.1, 0.15) is 12.3 Å². The lowest BCUT2D eigenvalue weighted by atomic mass is 10.2. The molecule has 0 saturated carbocycles. The Morgan fingerprint density at radius 2 is 1.96 bits per heavy atom. The molecule has 2 aromatic heterocycles. The zero-order chi connectivity index (χ0) is 19.6. The quantitative estimate of drug-likeness (QED) is 0.625. The highest BCUT2D eigenvalue weighted by atomic mass is 35.5. The molecule has 0 aliphatic carbocycles. The van der Waals surface area contributed by atoms with Crippen molar-refractivity contribution in [2.24, 2.45) is 0 Å². The van der Waals surface area contributed by atoms with Gasteiger partial charge >= 0.3 is 5.97 Å². The molecule has 0 atom stereocenters. The Labute approximate surface area is 160 Å². The van der Waals surface area contributed by atoms with E-state index in [2.05, 4.69) is 4.98 Å². The van der Waals surface area contributed by atoms with Gasteiger partial charge in [-0.3, -0.25) is 9.20 Å². The van der Waals surface area contributed by atoms with Gasteiger partial charge in [0.15, 0.2) is 11.5 Å². The Balaban J connectivity index is 1.83. The van der Waals surface area contributed by atoms with E-state index in [-0.39, 0.29) is 22.8 Å². The van der Waals surface area contributed by atoms with Crippen LogP contribution in [0.2, 0.25) is 5.02 Å². The van der Waals surface area contributed by atoms with E-state index >= 15 is 0 Å². The van der Waals surface area contributed by atoms with Crippen LogP contribution in [0.15, 0.2) is 41.2 Å². The number of pyridine rings is 1. The Morgan fingerprint density at radius 3 is 2.67 bits per heavy atom. The minimum atomic E-state index is -0.621. The van der Waals surface area contributed by atoms with Crippen molar-refractivity contribution in [1.29, 1.82) is 0 Å². The highest BCUT2D eigenvalue weighted by Gasteiger charge is 2.17. The van der Waals surface area contributed by atoms with E-state index in [1.54, 1.807) is 12.1 Å². The van der Waals surface area contributed by atoms with Gasteiger partial charge in [-0.05, 0) is 31.2 Å². The van der Waals surface area contributed by atoms with E-state index in [9.17, 15) is 9.59 Å². The molecule has 27 heavy (non-hydrogen) atoms.